The lowest BCUT2D eigenvalue weighted by molar-refractivity contribution is -0.147. The highest BCUT2D eigenvalue weighted by molar-refractivity contribution is 5.79. The van der Waals surface area contributed by atoms with Gasteiger partial charge in [-0.05, 0) is 37.3 Å². The van der Waals surface area contributed by atoms with Crippen molar-refractivity contribution in [3.05, 3.63) is 35.4 Å². The van der Waals surface area contributed by atoms with Crippen LogP contribution in [0.1, 0.15) is 36.3 Å². The Morgan fingerprint density at radius 1 is 1.39 bits per heavy atom. The van der Waals surface area contributed by atoms with Gasteiger partial charge in [0.2, 0.25) is 0 Å². The summed E-state index contributed by atoms with van der Waals surface area (Å²) in [4.78, 5) is 12.1. The molecule has 1 aromatic carbocycles. The first-order chi connectivity index (χ1) is 8.74. The first kappa shape index (κ1) is 13.1. The van der Waals surface area contributed by atoms with Crippen LogP contribution in [0.25, 0.3) is 0 Å². The smallest absolute Gasteiger partial charge is 0.315 e. The molecule has 0 spiro atoms. The zero-order valence-electron chi connectivity index (χ0n) is 11.0. The second kappa shape index (κ2) is 6.01. The topological polar surface area (TPSA) is 35.5 Å². The normalized spacial score (nSPS) is 21.3. The van der Waals surface area contributed by atoms with Gasteiger partial charge in [0.1, 0.15) is 5.92 Å². The molecule has 0 aromatic heterocycles. The van der Waals surface area contributed by atoms with Crippen LogP contribution >= 0.6 is 0 Å². The number of esters is 1. The number of ether oxygens (including phenoxy) is 2. The van der Waals surface area contributed by atoms with Gasteiger partial charge in [0.05, 0.1) is 13.2 Å². The highest BCUT2D eigenvalue weighted by Crippen LogP contribution is 2.31. The molecule has 0 aliphatic carbocycles. The van der Waals surface area contributed by atoms with Crippen LogP contribution in [-0.2, 0) is 14.3 Å². The standard InChI is InChI=1S/C15H20O3/c1-11-7-3-4-8-12(11)14(15(16)17-2)13-9-5-6-10-18-13/h3-4,7-8,13-14H,5-6,9-10H2,1-2H3. The number of benzene rings is 1. The van der Waals surface area contributed by atoms with E-state index in [1.165, 1.54) is 7.11 Å². The van der Waals surface area contributed by atoms with Crippen LogP contribution < -0.4 is 0 Å². The monoisotopic (exact) mass is 248 g/mol. The molecule has 1 saturated heterocycles. The van der Waals surface area contributed by atoms with Crippen molar-refractivity contribution in [2.24, 2.45) is 0 Å². The number of hydrogen-bond acceptors (Lipinski definition) is 3. The number of carbonyl (C=O) groups excluding carboxylic acids is 1. The van der Waals surface area contributed by atoms with E-state index in [-0.39, 0.29) is 18.0 Å². The molecule has 0 saturated carbocycles. The summed E-state index contributed by atoms with van der Waals surface area (Å²) in [5.41, 5.74) is 2.14. The van der Waals surface area contributed by atoms with Crippen LogP contribution in [-0.4, -0.2) is 25.8 Å². The molecule has 1 aromatic rings. The fourth-order valence-electron chi connectivity index (χ4n) is 2.57. The largest absolute Gasteiger partial charge is 0.468 e. The van der Waals surface area contributed by atoms with Gasteiger partial charge in [-0.3, -0.25) is 4.79 Å². The molecule has 0 N–H and O–H groups in total. The van der Waals surface area contributed by atoms with E-state index in [0.29, 0.717) is 0 Å². The lowest BCUT2D eigenvalue weighted by Gasteiger charge is -2.29. The maximum atomic E-state index is 12.1. The number of carbonyl (C=O) groups is 1. The summed E-state index contributed by atoms with van der Waals surface area (Å²) in [6, 6.07) is 7.96. The van der Waals surface area contributed by atoms with Crippen molar-refractivity contribution in [3.8, 4) is 0 Å². The molecule has 2 atom stereocenters. The molecule has 18 heavy (non-hydrogen) atoms. The van der Waals surface area contributed by atoms with Gasteiger partial charge in [-0.15, -0.1) is 0 Å². The Kier molecular flexibility index (Phi) is 4.37. The third-order valence-electron chi connectivity index (χ3n) is 3.57. The molecule has 1 aliphatic heterocycles. The number of rotatable bonds is 3. The van der Waals surface area contributed by atoms with Crippen molar-refractivity contribution >= 4 is 5.97 Å². The van der Waals surface area contributed by atoms with E-state index in [9.17, 15) is 4.79 Å². The average Bonchev–Trinajstić information content (AvgIpc) is 2.42. The van der Waals surface area contributed by atoms with Crippen molar-refractivity contribution in [1.82, 2.24) is 0 Å². The minimum atomic E-state index is -0.295. The molecule has 1 heterocycles. The SMILES string of the molecule is COC(=O)C(c1ccccc1C)C1CCCCO1. The summed E-state index contributed by atoms with van der Waals surface area (Å²) in [6.07, 6.45) is 3.07. The number of methoxy groups -OCH3 is 1. The fourth-order valence-corrected chi connectivity index (χ4v) is 2.57. The van der Waals surface area contributed by atoms with Crippen molar-refractivity contribution in [2.75, 3.05) is 13.7 Å². The quantitative estimate of drug-likeness (QED) is 0.772. The van der Waals surface area contributed by atoms with Crippen LogP contribution in [0.3, 0.4) is 0 Å². The van der Waals surface area contributed by atoms with Crippen LogP contribution in [0.2, 0.25) is 0 Å². The van der Waals surface area contributed by atoms with Crippen LogP contribution in [0, 0.1) is 6.92 Å². The number of hydrogen-bond donors (Lipinski definition) is 0. The molecule has 3 heteroatoms. The molecule has 98 valence electrons. The molecule has 2 rings (SSSR count). The van der Waals surface area contributed by atoms with E-state index in [2.05, 4.69) is 0 Å². The van der Waals surface area contributed by atoms with Gasteiger partial charge in [-0.1, -0.05) is 24.3 Å². The zero-order chi connectivity index (χ0) is 13.0. The highest BCUT2D eigenvalue weighted by Gasteiger charge is 2.33. The van der Waals surface area contributed by atoms with E-state index in [1.807, 2.05) is 31.2 Å². The third kappa shape index (κ3) is 2.72. The Bertz CT molecular complexity index is 408. The average molecular weight is 248 g/mol. The summed E-state index contributed by atoms with van der Waals surface area (Å²) >= 11 is 0. The molecule has 0 amide bonds. The minimum absolute atomic E-state index is 0.0488. The van der Waals surface area contributed by atoms with Gasteiger partial charge in [0.15, 0.2) is 0 Å². The van der Waals surface area contributed by atoms with E-state index < -0.39 is 0 Å². The lowest BCUT2D eigenvalue weighted by Crippen LogP contribution is -2.32. The molecule has 1 fully saturated rings. The summed E-state index contributed by atoms with van der Waals surface area (Å²) in [7, 11) is 1.44. The Morgan fingerprint density at radius 3 is 2.78 bits per heavy atom. The van der Waals surface area contributed by atoms with E-state index >= 15 is 0 Å². The molecular formula is C15H20O3. The predicted octanol–water partition coefficient (Wildman–Crippen LogP) is 2.82. The fraction of sp³-hybridized carbons (Fsp3) is 0.533. The Morgan fingerprint density at radius 2 is 2.17 bits per heavy atom. The number of aryl methyl sites for hydroxylation is 1. The zero-order valence-corrected chi connectivity index (χ0v) is 11.0. The second-order valence-corrected chi connectivity index (χ2v) is 4.76. The third-order valence-corrected chi connectivity index (χ3v) is 3.57. The molecule has 0 bridgehead atoms. The molecule has 3 nitrogen and oxygen atoms in total. The predicted molar refractivity (Wildman–Crippen MR) is 69.5 cm³/mol. The molecule has 2 unspecified atom stereocenters. The minimum Gasteiger partial charge on any atom is -0.468 e. The molecule has 1 aliphatic rings. The van der Waals surface area contributed by atoms with Gasteiger partial charge in [0, 0.05) is 6.61 Å². The van der Waals surface area contributed by atoms with E-state index in [4.69, 9.17) is 9.47 Å². The van der Waals surface area contributed by atoms with E-state index in [0.717, 1.165) is 37.0 Å². The Labute approximate surface area is 108 Å². The second-order valence-electron chi connectivity index (χ2n) is 4.76. The summed E-state index contributed by atoms with van der Waals surface area (Å²) in [5, 5.41) is 0. The van der Waals surface area contributed by atoms with Crippen LogP contribution in [0.4, 0.5) is 0 Å². The van der Waals surface area contributed by atoms with Gasteiger partial charge < -0.3 is 9.47 Å². The lowest BCUT2D eigenvalue weighted by atomic mass is 9.87. The summed E-state index contributed by atoms with van der Waals surface area (Å²) in [6.45, 7) is 2.76. The van der Waals surface area contributed by atoms with Crippen molar-refractivity contribution in [3.63, 3.8) is 0 Å². The highest BCUT2D eigenvalue weighted by atomic mass is 16.5. The van der Waals surface area contributed by atoms with Crippen molar-refractivity contribution in [2.45, 2.75) is 38.2 Å². The van der Waals surface area contributed by atoms with Gasteiger partial charge in [-0.25, -0.2) is 0 Å². The maximum Gasteiger partial charge on any atom is 0.315 e. The summed E-state index contributed by atoms with van der Waals surface area (Å²) in [5.74, 6) is -0.493. The van der Waals surface area contributed by atoms with Gasteiger partial charge in [0.25, 0.3) is 0 Å². The van der Waals surface area contributed by atoms with Crippen LogP contribution in [0.15, 0.2) is 24.3 Å². The maximum absolute atomic E-state index is 12.1. The first-order valence-corrected chi connectivity index (χ1v) is 6.49. The molecule has 0 radical (unpaired) electrons. The van der Waals surface area contributed by atoms with Crippen LogP contribution in [0.5, 0.6) is 0 Å². The molecular weight excluding hydrogens is 228 g/mol. The van der Waals surface area contributed by atoms with Crippen molar-refractivity contribution in [1.29, 1.82) is 0 Å². The van der Waals surface area contributed by atoms with Gasteiger partial charge >= 0.3 is 5.97 Å². The Balaban J connectivity index is 2.30. The Hall–Kier alpha value is -1.35. The summed E-state index contributed by atoms with van der Waals surface area (Å²) < 4.78 is 10.7. The van der Waals surface area contributed by atoms with Gasteiger partial charge in [-0.2, -0.15) is 0 Å². The van der Waals surface area contributed by atoms with Crippen molar-refractivity contribution < 1.29 is 14.3 Å². The first-order valence-electron chi connectivity index (χ1n) is 6.49. The van der Waals surface area contributed by atoms with E-state index in [1.54, 1.807) is 0 Å².